The summed E-state index contributed by atoms with van der Waals surface area (Å²) in [6.07, 6.45) is 1.29. The smallest absolute Gasteiger partial charge is 0.311 e. The molecule has 1 aliphatic rings. The highest BCUT2D eigenvalue weighted by Gasteiger charge is 2.30. The van der Waals surface area contributed by atoms with Crippen LogP contribution in [-0.4, -0.2) is 17.9 Å². The Bertz CT molecular complexity index is 635. The van der Waals surface area contributed by atoms with E-state index < -0.39 is 12.1 Å². The van der Waals surface area contributed by atoms with E-state index in [0.717, 1.165) is 18.4 Å². The van der Waals surface area contributed by atoms with Crippen LogP contribution in [0.3, 0.4) is 0 Å². The van der Waals surface area contributed by atoms with Gasteiger partial charge in [0.15, 0.2) is 0 Å². The summed E-state index contributed by atoms with van der Waals surface area (Å²) in [5.41, 5.74) is 1.60. The number of hydrogen-bond acceptors (Lipinski definition) is 4. The lowest BCUT2D eigenvalue weighted by Crippen LogP contribution is -2.33. The van der Waals surface area contributed by atoms with Gasteiger partial charge in [0.05, 0.1) is 6.42 Å². The number of ether oxygens (including phenoxy) is 1. The molecule has 0 radical (unpaired) electrons. The van der Waals surface area contributed by atoms with Gasteiger partial charge >= 0.3 is 5.97 Å². The largest absolute Gasteiger partial charge is 0.447 e. The molecule has 0 aliphatic heterocycles. The lowest BCUT2D eigenvalue weighted by Gasteiger charge is -2.18. The molecule has 1 unspecified atom stereocenters. The van der Waals surface area contributed by atoms with Gasteiger partial charge in [0.1, 0.15) is 0 Å². The van der Waals surface area contributed by atoms with Crippen LogP contribution in [0.1, 0.15) is 30.1 Å². The van der Waals surface area contributed by atoms with Gasteiger partial charge < -0.3 is 10.1 Å². The van der Waals surface area contributed by atoms with Crippen molar-refractivity contribution in [1.82, 2.24) is 5.32 Å². The summed E-state index contributed by atoms with van der Waals surface area (Å²) in [7, 11) is 0. The molecule has 0 saturated heterocycles. The van der Waals surface area contributed by atoms with Crippen molar-refractivity contribution < 1.29 is 14.3 Å². The second-order valence-electron chi connectivity index (χ2n) is 5.37. The highest BCUT2D eigenvalue weighted by atomic mass is 32.1. The van der Waals surface area contributed by atoms with Gasteiger partial charge in [-0.2, -0.15) is 11.3 Å². The van der Waals surface area contributed by atoms with Gasteiger partial charge in [-0.1, -0.05) is 30.3 Å². The number of carbonyl (C=O) groups excluding carboxylic acids is 2. The SMILES string of the molecule is O=C(Cc1ccsc1)OC(C(=O)NC1CC1)c1ccccc1. The highest BCUT2D eigenvalue weighted by Crippen LogP contribution is 2.23. The third-order valence-electron chi connectivity index (χ3n) is 3.44. The molecule has 1 aliphatic carbocycles. The second kappa shape index (κ2) is 6.75. The molecule has 1 aromatic carbocycles. The van der Waals surface area contributed by atoms with Crippen molar-refractivity contribution in [3.8, 4) is 0 Å². The summed E-state index contributed by atoms with van der Waals surface area (Å²) < 4.78 is 5.45. The number of esters is 1. The molecule has 114 valence electrons. The number of carbonyl (C=O) groups is 2. The number of benzene rings is 1. The molecule has 2 aromatic rings. The molecule has 1 heterocycles. The molecule has 0 bridgehead atoms. The van der Waals surface area contributed by atoms with Gasteiger partial charge in [-0.25, -0.2) is 0 Å². The fourth-order valence-corrected chi connectivity index (χ4v) is 2.81. The fourth-order valence-electron chi connectivity index (χ4n) is 2.14. The average molecular weight is 315 g/mol. The van der Waals surface area contributed by atoms with Gasteiger partial charge in [0.25, 0.3) is 5.91 Å². The van der Waals surface area contributed by atoms with Gasteiger partial charge in [-0.15, -0.1) is 0 Å². The van der Waals surface area contributed by atoms with E-state index >= 15 is 0 Å². The van der Waals surface area contributed by atoms with Crippen LogP contribution in [-0.2, 0) is 20.7 Å². The molecule has 22 heavy (non-hydrogen) atoms. The van der Waals surface area contributed by atoms with E-state index in [1.165, 1.54) is 11.3 Å². The first kappa shape index (κ1) is 14.8. The fraction of sp³-hybridized carbons (Fsp3) is 0.294. The van der Waals surface area contributed by atoms with Crippen molar-refractivity contribution in [2.75, 3.05) is 0 Å². The average Bonchev–Trinajstić information content (AvgIpc) is 3.19. The second-order valence-corrected chi connectivity index (χ2v) is 6.15. The molecule has 1 aromatic heterocycles. The molecule has 1 N–H and O–H groups in total. The van der Waals surface area contributed by atoms with Crippen LogP contribution in [0.25, 0.3) is 0 Å². The van der Waals surface area contributed by atoms with E-state index in [2.05, 4.69) is 5.32 Å². The molecule has 0 spiro atoms. The van der Waals surface area contributed by atoms with E-state index in [1.807, 2.05) is 35.0 Å². The van der Waals surface area contributed by atoms with Crippen LogP contribution >= 0.6 is 11.3 Å². The highest BCUT2D eigenvalue weighted by molar-refractivity contribution is 7.07. The predicted molar refractivity (Wildman–Crippen MR) is 84.5 cm³/mol. The van der Waals surface area contributed by atoms with Crippen LogP contribution < -0.4 is 5.32 Å². The van der Waals surface area contributed by atoms with Crippen molar-refractivity contribution >= 4 is 23.2 Å². The maximum absolute atomic E-state index is 12.3. The zero-order valence-electron chi connectivity index (χ0n) is 12.0. The first-order valence-electron chi connectivity index (χ1n) is 7.28. The minimum absolute atomic E-state index is 0.184. The molecule has 3 rings (SSSR count). The summed E-state index contributed by atoms with van der Waals surface area (Å²) >= 11 is 1.53. The standard InChI is InChI=1S/C17H17NO3S/c19-15(10-12-8-9-22-11-12)21-16(13-4-2-1-3-5-13)17(20)18-14-6-7-14/h1-5,8-9,11,14,16H,6-7,10H2,(H,18,20). The van der Waals surface area contributed by atoms with Crippen molar-refractivity contribution in [3.63, 3.8) is 0 Å². The Morgan fingerprint density at radius 1 is 1.23 bits per heavy atom. The van der Waals surface area contributed by atoms with Gasteiger partial charge in [0.2, 0.25) is 6.10 Å². The van der Waals surface area contributed by atoms with Crippen LogP contribution in [0.2, 0.25) is 0 Å². The minimum atomic E-state index is -0.882. The Hall–Kier alpha value is -2.14. The van der Waals surface area contributed by atoms with E-state index in [0.29, 0.717) is 5.56 Å². The van der Waals surface area contributed by atoms with Crippen LogP contribution in [0.15, 0.2) is 47.2 Å². The lowest BCUT2D eigenvalue weighted by atomic mass is 10.1. The number of thiophene rings is 1. The molecule has 1 saturated carbocycles. The summed E-state index contributed by atoms with van der Waals surface area (Å²) in [6, 6.07) is 11.2. The molecule has 1 atom stereocenters. The van der Waals surface area contributed by atoms with Crippen LogP contribution in [0, 0.1) is 0 Å². The normalized spacial score (nSPS) is 15.1. The van der Waals surface area contributed by atoms with Gasteiger partial charge in [0, 0.05) is 11.6 Å². The molecular formula is C17H17NO3S. The van der Waals surface area contributed by atoms with Crippen molar-refractivity contribution in [3.05, 3.63) is 58.3 Å². The lowest BCUT2D eigenvalue weighted by molar-refractivity contribution is -0.155. The maximum atomic E-state index is 12.3. The summed E-state index contributed by atoms with van der Waals surface area (Å²) in [4.78, 5) is 24.4. The number of amides is 1. The molecular weight excluding hydrogens is 298 g/mol. The molecule has 1 amide bonds. The molecule has 4 nitrogen and oxygen atoms in total. The van der Waals surface area contributed by atoms with Gasteiger partial charge in [-0.05, 0) is 35.2 Å². The number of nitrogens with one attached hydrogen (secondary N) is 1. The minimum Gasteiger partial charge on any atom is -0.447 e. The third kappa shape index (κ3) is 3.95. The van der Waals surface area contributed by atoms with Crippen LogP contribution in [0.5, 0.6) is 0 Å². The van der Waals surface area contributed by atoms with E-state index in [-0.39, 0.29) is 18.4 Å². The Labute approximate surface area is 133 Å². The third-order valence-corrected chi connectivity index (χ3v) is 4.17. The zero-order chi connectivity index (χ0) is 15.4. The van der Waals surface area contributed by atoms with Crippen molar-refractivity contribution in [2.45, 2.75) is 31.4 Å². The Morgan fingerprint density at radius 3 is 2.64 bits per heavy atom. The molecule has 1 fully saturated rings. The van der Waals surface area contributed by atoms with E-state index in [4.69, 9.17) is 4.74 Å². The summed E-state index contributed by atoms with van der Waals surface area (Å²) in [5.74, 6) is -0.634. The van der Waals surface area contributed by atoms with E-state index in [9.17, 15) is 9.59 Å². The monoisotopic (exact) mass is 315 g/mol. The Kier molecular flexibility index (Phi) is 4.53. The van der Waals surface area contributed by atoms with E-state index in [1.54, 1.807) is 12.1 Å². The summed E-state index contributed by atoms with van der Waals surface area (Å²) in [5, 5.41) is 6.72. The van der Waals surface area contributed by atoms with Crippen molar-refractivity contribution in [2.24, 2.45) is 0 Å². The Morgan fingerprint density at radius 2 is 2.00 bits per heavy atom. The number of hydrogen-bond donors (Lipinski definition) is 1. The predicted octanol–water partition coefficient (Wildman–Crippen LogP) is 2.85. The molecule has 5 heteroatoms. The van der Waals surface area contributed by atoms with Crippen molar-refractivity contribution in [1.29, 1.82) is 0 Å². The number of rotatable bonds is 6. The van der Waals surface area contributed by atoms with Crippen LogP contribution in [0.4, 0.5) is 0 Å². The Balaban J connectivity index is 1.70. The maximum Gasteiger partial charge on any atom is 0.311 e. The topological polar surface area (TPSA) is 55.4 Å². The quantitative estimate of drug-likeness (QED) is 0.834. The van der Waals surface area contributed by atoms with Gasteiger partial charge in [-0.3, -0.25) is 9.59 Å². The zero-order valence-corrected chi connectivity index (χ0v) is 12.8. The first-order chi connectivity index (χ1) is 10.7. The summed E-state index contributed by atoms with van der Waals surface area (Å²) in [6.45, 7) is 0. The first-order valence-corrected chi connectivity index (χ1v) is 8.22.